The summed E-state index contributed by atoms with van der Waals surface area (Å²) in [6.45, 7) is 0.789. The monoisotopic (exact) mass is 316 g/mol. The third-order valence-electron chi connectivity index (χ3n) is 2.75. The summed E-state index contributed by atoms with van der Waals surface area (Å²) in [6.07, 6.45) is -0.388. The summed E-state index contributed by atoms with van der Waals surface area (Å²) in [6, 6.07) is 4.27. The molecule has 0 bridgehead atoms. The lowest BCUT2D eigenvalue weighted by Crippen LogP contribution is -2.32. The van der Waals surface area contributed by atoms with Gasteiger partial charge >= 0.3 is 5.97 Å². The van der Waals surface area contributed by atoms with Crippen molar-refractivity contribution in [1.82, 2.24) is 9.62 Å². The summed E-state index contributed by atoms with van der Waals surface area (Å²) in [4.78, 5) is 12.7. The number of hydrogen-bond acceptors (Lipinski definition) is 5. The average molecular weight is 316 g/mol. The number of methoxy groups -OCH3 is 1. The lowest BCUT2D eigenvalue weighted by Gasteiger charge is -2.13. The van der Waals surface area contributed by atoms with Crippen molar-refractivity contribution in [2.24, 2.45) is 0 Å². The zero-order valence-electron chi connectivity index (χ0n) is 12.3. The Labute approximate surface area is 124 Å². The van der Waals surface area contributed by atoms with Crippen LogP contribution in [0.1, 0.15) is 5.56 Å². The number of ether oxygens (including phenoxy) is 1. The first kappa shape index (κ1) is 17.4. The van der Waals surface area contributed by atoms with E-state index in [4.69, 9.17) is 9.84 Å². The van der Waals surface area contributed by atoms with Gasteiger partial charge in [-0.05, 0) is 37.9 Å². The van der Waals surface area contributed by atoms with Crippen LogP contribution in [0.25, 0.3) is 0 Å². The van der Waals surface area contributed by atoms with Crippen LogP contribution in [0.5, 0.6) is 5.75 Å². The number of nitrogens with one attached hydrogen (secondary N) is 1. The van der Waals surface area contributed by atoms with Gasteiger partial charge in [-0.3, -0.25) is 4.79 Å². The van der Waals surface area contributed by atoms with Crippen molar-refractivity contribution >= 4 is 16.0 Å². The fraction of sp³-hybridized carbons (Fsp3) is 0.462. The van der Waals surface area contributed by atoms with Gasteiger partial charge in [-0.15, -0.1) is 0 Å². The van der Waals surface area contributed by atoms with Gasteiger partial charge in [0.25, 0.3) is 0 Å². The Morgan fingerprint density at radius 3 is 2.57 bits per heavy atom. The molecular weight excluding hydrogens is 296 g/mol. The molecule has 2 N–H and O–H groups in total. The lowest BCUT2D eigenvalue weighted by atomic mass is 10.1. The van der Waals surface area contributed by atoms with Crippen molar-refractivity contribution in [3.8, 4) is 5.75 Å². The zero-order chi connectivity index (χ0) is 16.0. The molecule has 0 aromatic heterocycles. The van der Waals surface area contributed by atoms with E-state index in [-0.39, 0.29) is 23.4 Å². The van der Waals surface area contributed by atoms with Crippen LogP contribution < -0.4 is 9.46 Å². The van der Waals surface area contributed by atoms with E-state index < -0.39 is 16.0 Å². The van der Waals surface area contributed by atoms with E-state index in [1.165, 1.54) is 25.3 Å². The summed E-state index contributed by atoms with van der Waals surface area (Å²) in [5.41, 5.74) is 0.194. The summed E-state index contributed by atoms with van der Waals surface area (Å²) >= 11 is 0. The van der Waals surface area contributed by atoms with E-state index in [0.29, 0.717) is 12.3 Å². The Kier molecular flexibility index (Phi) is 6.13. The van der Waals surface area contributed by atoms with Crippen LogP contribution in [0.3, 0.4) is 0 Å². The van der Waals surface area contributed by atoms with Crippen LogP contribution in [0, 0.1) is 0 Å². The molecule has 1 aromatic carbocycles. The first-order chi connectivity index (χ1) is 9.76. The average Bonchev–Trinajstić information content (AvgIpc) is 2.36. The van der Waals surface area contributed by atoms with Crippen molar-refractivity contribution in [2.75, 3.05) is 34.3 Å². The van der Waals surface area contributed by atoms with Gasteiger partial charge in [0.15, 0.2) is 0 Å². The maximum atomic E-state index is 12.3. The lowest BCUT2D eigenvalue weighted by molar-refractivity contribution is -0.136. The van der Waals surface area contributed by atoms with Crippen molar-refractivity contribution < 1.29 is 23.1 Å². The number of rotatable bonds is 8. The number of nitrogens with zero attached hydrogens (tertiary/aromatic N) is 1. The maximum absolute atomic E-state index is 12.3. The van der Waals surface area contributed by atoms with Crippen molar-refractivity contribution in [3.63, 3.8) is 0 Å². The molecule has 0 heterocycles. The van der Waals surface area contributed by atoms with Gasteiger partial charge in [0, 0.05) is 13.1 Å². The highest BCUT2D eigenvalue weighted by molar-refractivity contribution is 7.89. The third-order valence-corrected chi connectivity index (χ3v) is 4.31. The molecule has 0 fully saturated rings. The van der Waals surface area contributed by atoms with Crippen LogP contribution in [0.15, 0.2) is 23.1 Å². The highest BCUT2D eigenvalue weighted by Gasteiger charge is 2.20. The Morgan fingerprint density at radius 1 is 1.38 bits per heavy atom. The van der Waals surface area contributed by atoms with Crippen LogP contribution in [-0.2, 0) is 21.2 Å². The molecule has 0 unspecified atom stereocenters. The minimum atomic E-state index is -3.75. The number of carboxylic acids is 1. The van der Waals surface area contributed by atoms with E-state index in [0.717, 1.165) is 0 Å². The van der Waals surface area contributed by atoms with E-state index in [2.05, 4.69) is 4.72 Å². The largest absolute Gasteiger partial charge is 0.497 e. The molecule has 118 valence electrons. The van der Waals surface area contributed by atoms with Gasteiger partial charge in [0.05, 0.1) is 18.4 Å². The van der Waals surface area contributed by atoms with E-state index in [1.54, 1.807) is 0 Å². The molecular formula is C13H20N2O5S. The van der Waals surface area contributed by atoms with Crippen LogP contribution in [0.4, 0.5) is 0 Å². The summed E-state index contributed by atoms with van der Waals surface area (Å²) in [7, 11) is 1.34. The number of carbonyl (C=O) groups is 1. The van der Waals surface area contributed by atoms with Crippen molar-refractivity contribution in [2.45, 2.75) is 11.3 Å². The van der Waals surface area contributed by atoms with Crippen molar-refractivity contribution in [3.05, 3.63) is 23.8 Å². The molecule has 7 nitrogen and oxygen atoms in total. The molecule has 0 aliphatic carbocycles. The highest BCUT2D eigenvalue weighted by atomic mass is 32.2. The smallest absolute Gasteiger partial charge is 0.307 e. The van der Waals surface area contributed by atoms with Crippen molar-refractivity contribution in [1.29, 1.82) is 0 Å². The minimum absolute atomic E-state index is 0.0375. The van der Waals surface area contributed by atoms with Crippen LogP contribution in [0.2, 0.25) is 0 Å². The number of hydrogen-bond donors (Lipinski definition) is 2. The molecule has 0 radical (unpaired) electrons. The standard InChI is InChI=1S/C13H20N2O5S/c1-15(2)7-6-14-21(18,19)12-5-4-11(20-3)8-10(12)9-13(16)17/h4-5,8,14H,6-7,9H2,1-3H3,(H,16,17). The van der Waals surface area contributed by atoms with Crippen LogP contribution >= 0.6 is 0 Å². The molecule has 0 saturated heterocycles. The second kappa shape index (κ2) is 7.39. The predicted octanol–water partition coefficient (Wildman–Crippen LogP) is 0.162. The van der Waals surface area contributed by atoms with Gasteiger partial charge in [-0.25, -0.2) is 13.1 Å². The summed E-state index contributed by atoms with van der Waals surface area (Å²) in [5, 5.41) is 8.91. The number of likely N-dealkylation sites (N-methyl/N-ethyl adjacent to an activating group) is 1. The molecule has 1 rings (SSSR count). The predicted molar refractivity (Wildman–Crippen MR) is 78.1 cm³/mol. The van der Waals surface area contributed by atoms with Gasteiger partial charge in [0.2, 0.25) is 10.0 Å². The number of benzene rings is 1. The molecule has 0 amide bonds. The van der Waals surface area contributed by atoms with E-state index >= 15 is 0 Å². The normalized spacial score (nSPS) is 11.6. The number of sulfonamides is 1. The Balaban J connectivity index is 3.06. The molecule has 1 aromatic rings. The fourth-order valence-corrected chi connectivity index (χ4v) is 2.97. The molecule has 0 saturated carbocycles. The second-order valence-corrected chi connectivity index (χ2v) is 6.48. The molecule has 21 heavy (non-hydrogen) atoms. The molecule has 8 heteroatoms. The third kappa shape index (κ3) is 5.33. The van der Waals surface area contributed by atoms with Gasteiger partial charge in [0.1, 0.15) is 5.75 Å². The maximum Gasteiger partial charge on any atom is 0.307 e. The molecule has 0 aliphatic rings. The number of aliphatic carboxylic acids is 1. The Hall–Kier alpha value is -1.64. The van der Waals surface area contributed by atoms with Crippen LogP contribution in [-0.4, -0.2) is 58.7 Å². The highest BCUT2D eigenvalue weighted by Crippen LogP contribution is 2.22. The number of carboxylic acid groups (broad SMARTS) is 1. The van der Waals surface area contributed by atoms with E-state index in [9.17, 15) is 13.2 Å². The fourth-order valence-electron chi connectivity index (χ4n) is 1.73. The molecule has 0 aliphatic heterocycles. The van der Waals surface area contributed by atoms with E-state index in [1.807, 2.05) is 19.0 Å². The zero-order valence-corrected chi connectivity index (χ0v) is 13.1. The second-order valence-electron chi connectivity index (χ2n) is 4.75. The topological polar surface area (TPSA) is 95.9 Å². The Morgan fingerprint density at radius 2 is 2.05 bits per heavy atom. The quantitative estimate of drug-likeness (QED) is 0.709. The van der Waals surface area contributed by atoms with Gasteiger partial charge in [-0.2, -0.15) is 0 Å². The first-order valence-corrected chi connectivity index (χ1v) is 7.77. The van der Waals surface area contributed by atoms with Gasteiger partial charge in [-0.1, -0.05) is 0 Å². The molecule has 0 atom stereocenters. The minimum Gasteiger partial charge on any atom is -0.497 e. The van der Waals surface area contributed by atoms with Gasteiger partial charge < -0.3 is 14.7 Å². The summed E-state index contributed by atoms with van der Waals surface area (Å²) < 4.78 is 32.0. The Bertz CT molecular complexity index is 599. The molecule has 0 spiro atoms. The SMILES string of the molecule is COc1ccc(S(=O)(=O)NCCN(C)C)c(CC(=O)O)c1. The first-order valence-electron chi connectivity index (χ1n) is 6.29. The summed E-state index contributed by atoms with van der Waals surface area (Å²) in [5.74, 6) is -0.688.